The number of amides is 1. The summed E-state index contributed by atoms with van der Waals surface area (Å²) in [5.74, 6) is 0.771. The molecule has 1 aliphatic carbocycles. The predicted molar refractivity (Wildman–Crippen MR) is 103 cm³/mol. The van der Waals surface area contributed by atoms with E-state index in [2.05, 4.69) is 10.3 Å². The van der Waals surface area contributed by atoms with Crippen LogP contribution in [0.2, 0.25) is 0 Å². The Morgan fingerprint density at radius 2 is 1.77 bits per heavy atom. The smallest absolute Gasteiger partial charge is 0.260 e. The summed E-state index contributed by atoms with van der Waals surface area (Å²) in [5, 5.41) is 13.2. The fourth-order valence-electron chi connectivity index (χ4n) is 3.84. The van der Waals surface area contributed by atoms with Gasteiger partial charge < -0.3 is 20.2 Å². The summed E-state index contributed by atoms with van der Waals surface area (Å²) in [6.45, 7) is 0. The van der Waals surface area contributed by atoms with Gasteiger partial charge in [0, 0.05) is 26.2 Å². The van der Waals surface area contributed by atoms with Crippen LogP contribution in [0.5, 0.6) is 0 Å². The monoisotopic (exact) mass is 352 g/mol. The predicted octanol–water partition coefficient (Wildman–Crippen LogP) is 3.15. The van der Waals surface area contributed by atoms with E-state index >= 15 is 0 Å². The molecular formula is C20H24N4O2. The molecule has 0 unspecified atom stereocenters. The van der Waals surface area contributed by atoms with E-state index in [0.29, 0.717) is 11.6 Å². The summed E-state index contributed by atoms with van der Waals surface area (Å²) in [5.41, 5.74) is 3.31. The molecule has 26 heavy (non-hydrogen) atoms. The number of fused-ring (bicyclic) bond motifs is 2. The first-order chi connectivity index (χ1) is 12.5. The first kappa shape index (κ1) is 16.8. The number of anilines is 4. The maximum absolute atomic E-state index is 12.8. The van der Waals surface area contributed by atoms with E-state index in [9.17, 15) is 9.90 Å². The molecule has 0 saturated heterocycles. The van der Waals surface area contributed by atoms with Gasteiger partial charge in [-0.1, -0.05) is 12.1 Å². The van der Waals surface area contributed by atoms with Gasteiger partial charge in [-0.2, -0.15) is 0 Å². The van der Waals surface area contributed by atoms with Crippen molar-refractivity contribution in [3.8, 4) is 0 Å². The zero-order valence-corrected chi connectivity index (χ0v) is 15.1. The van der Waals surface area contributed by atoms with E-state index in [4.69, 9.17) is 0 Å². The summed E-state index contributed by atoms with van der Waals surface area (Å²) in [7, 11) is 3.76. The normalized spacial score (nSPS) is 22.5. The molecule has 1 saturated carbocycles. The minimum atomic E-state index is -0.171. The molecular weight excluding hydrogens is 328 g/mol. The van der Waals surface area contributed by atoms with E-state index in [1.54, 1.807) is 18.1 Å². The van der Waals surface area contributed by atoms with Crippen LogP contribution in [0.1, 0.15) is 36.0 Å². The molecule has 2 N–H and O–H groups in total. The van der Waals surface area contributed by atoms with Crippen LogP contribution in [0, 0.1) is 0 Å². The van der Waals surface area contributed by atoms with Gasteiger partial charge >= 0.3 is 0 Å². The average Bonchev–Trinajstić information content (AvgIpc) is 2.74. The van der Waals surface area contributed by atoms with Crippen LogP contribution in [0.3, 0.4) is 0 Å². The SMILES string of the molecule is CN1C(=O)c2ccccc2N(C)c2cc(N[C@H]3CC[C@@H](O)CC3)ncc21. The molecule has 2 aromatic rings. The lowest BCUT2D eigenvalue weighted by Crippen LogP contribution is -2.29. The molecule has 2 aliphatic rings. The summed E-state index contributed by atoms with van der Waals surface area (Å²) in [6, 6.07) is 9.99. The van der Waals surface area contributed by atoms with Gasteiger partial charge in [0.15, 0.2) is 0 Å². The lowest BCUT2D eigenvalue weighted by molar-refractivity contribution is 0.0994. The summed E-state index contributed by atoms with van der Waals surface area (Å²) < 4.78 is 0. The number of carbonyl (C=O) groups is 1. The Kier molecular flexibility index (Phi) is 4.28. The molecule has 0 radical (unpaired) electrons. The Labute approximate surface area is 153 Å². The quantitative estimate of drug-likeness (QED) is 0.869. The van der Waals surface area contributed by atoms with Gasteiger partial charge in [-0.3, -0.25) is 4.79 Å². The highest BCUT2D eigenvalue weighted by Crippen LogP contribution is 2.39. The molecule has 4 rings (SSSR count). The fourth-order valence-corrected chi connectivity index (χ4v) is 3.84. The van der Waals surface area contributed by atoms with E-state index < -0.39 is 0 Å². The second-order valence-electron chi connectivity index (χ2n) is 7.15. The van der Waals surface area contributed by atoms with Crippen molar-refractivity contribution in [2.75, 3.05) is 29.2 Å². The number of hydrogen-bond acceptors (Lipinski definition) is 5. The van der Waals surface area contributed by atoms with Crippen molar-refractivity contribution < 1.29 is 9.90 Å². The number of para-hydroxylation sites is 1. The van der Waals surface area contributed by atoms with Crippen molar-refractivity contribution in [2.24, 2.45) is 0 Å². The molecule has 0 bridgehead atoms. The van der Waals surface area contributed by atoms with Gasteiger partial charge in [0.2, 0.25) is 0 Å². The Bertz CT molecular complexity index is 830. The highest BCUT2D eigenvalue weighted by atomic mass is 16.3. The second-order valence-corrected chi connectivity index (χ2v) is 7.15. The van der Waals surface area contributed by atoms with Gasteiger partial charge in [0.1, 0.15) is 5.82 Å². The maximum atomic E-state index is 12.8. The summed E-state index contributed by atoms with van der Waals surface area (Å²) in [6.07, 6.45) is 5.12. The van der Waals surface area contributed by atoms with Crippen LogP contribution in [-0.4, -0.2) is 42.2 Å². The molecule has 1 fully saturated rings. The zero-order chi connectivity index (χ0) is 18.3. The van der Waals surface area contributed by atoms with Crippen molar-refractivity contribution in [3.05, 3.63) is 42.1 Å². The third-order valence-electron chi connectivity index (χ3n) is 5.43. The number of rotatable bonds is 2. The van der Waals surface area contributed by atoms with Crippen LogP contribution < -0.4 is 15.1 Å². The summed E-state index contributed by atoms with van der Waals surface area (Å²) >= 11 is 0. The van der Waals surface area contributed by atoms with E-state index in [0.717, 1.165) is 48.6 Å². The maximum Gasteiger partial charge on any atom is 0.260 e. The van der Waals surface area contributed by atoms with Gasteiger partial charge in [0.05, 0.1) is 34.9 Å². The third kappa shape index (κ3) is 2.90. The van der Waals surface area contributed by atoms with E-state index in [1.807, 2.05) is 42.3 Å². The number of nitrogens with one attached hydrogen (secondary N) is 1. The Morgan fingerprint density at radius 3 is 2.54 bits per heavy atom. The number of aliphatic hydroxyl groups excluding tert-OH is 1. The topological polar surface area (TPSA) is 68.7 Å². The molecule has 1 aromatic carbocycles. The van der Waals surface area contributed by atoms with Crippen LogP contribution in [0.4, 0.5) is 22.9 Å². The minimum Gasteiger partial charge on any atom is -0.393 e. The van der Waals surface area contributed by atoms with Crippen molar-refractivity contribution in [2.45, 2.75) is 37.8 Å². The van der Waals surface area contributed by atoms with Gasteiger partial charge in [-0.25, -0.2) is 4.98 Å². The fraction of sp³-hybridized carbons (Fsp3) is 0.400. The molecule has 0 spiro atoms. The molecule has 6 nitrogen and oxygen atoms in total. The summed E-state index contributed by atoms with van der Waals surface area (Å²) in [4.78, 5) is 21.0. The van der Waals surface area contributed by atoms with Crippen molar-refractivity contribution in [1.29, 1.82) is 0 Å². The lowest BCUT2D eigenvalue weighted by Gasteiger charge is -2.28. The van der Waals surface area contributed by atoms with Crippen LogP contribution in [-0.2, 0) is 0 Å². The third-order valence-corrected chi connectivity index (χ3v) is 5.43. The Morgan fingerprint density at radius 1 is 1.04 bits per heavy atom. The van der Waals surface area contributed by atoms with E-state index in [-0.39, 0.29) is 12.0 Å². The number of benzene rings is 1. The zero-order valence-electron chi connectivity index (χ0n) is 15.1. The van der Waals surface area contributed by atoms with Crippen LogP contribution in [0.25, 0.3) is 0 Å². The average molecular weight is 352 g/mol. The molecule has 1 aliphatic heterocycles. The Balaban J connectivity index is 1.68. The van der Waals surface area contributed by atoms with Gasteiger partial charge in [-0.05, 0) is 37.8 Å². The molecule has 2 heterocycles. The molecule has 1 amide bonds. The molecule has 0 atom stereocenters. The van der Waals surface area contributed by atoms with Crippen LogP contribution >= 0.6 is 0 Å². The van der Waals surface area contributed by atoms with Crippen molar-refractivity contribution in [3.63, 3.8) is 0 Å². The Hall–Kier alpha value is -2.60. The first-order valence-electron chi connectivity index (χ1n) is 9.10. The van der Waals surface area contributed by atoms with Crippen LogP contribution in [0.15, 0.2) is 36.5 Å². The number of pyridine rings is 1. The molecule has 6 heteroatoms. The molecule has 1 aromatic heterocycles. The number of carbonyl (C=O) groups excluding carboxylic acids is 1. The highest BCUT2D eigenvalue weighted by Gasteiger charge is 2.28. The van der Waals surface area contributed by atoms with E-state index in [1.165, 1.54) is 0 Å². The highest BCUT2D eigenvalue weighted by molar-refractivity contribution is 6.13. The largest absolute Gasteiger partial charge is 0.393 e. The number of nitrogens with zero attached hydrogens (tertiary/aromatic N) is 3. The first-order valence-corrected chi connectivity index (χ1v) is 9.10. The number of hydrogen-bond donors (Lipinski definition) is 2. The molecule has 136 valence electrons. The second kappa shape index (κ2) is 6.61. The van der Waals surface area contributed by atoms with Gasteiger partial charge in [-0.15, -0.1) is 0 Å². The standard InChI is InChI=1S/C20H24N4O2/c1-23-16-6-4-3-5-15(16)20(26)24(2)18-12-21-19(11-17(18)23)22-13-7-9-14(25)10-8-13/h3-6,11-14,25H,7-10H2,1-2H3,(H,21,22)/t13-,14+. The lowest BCUT2D eigenvalue weighted by atomic mass is 9.93. The number of aliphatic hydroxyl groups is 1. The number of aromatic nitrogens is 1. The van der Waals surface area contributed by atoms with Crippen molar-refractivity contribution in [1.82, 2.24) is 4.98 Å². The van der Waals surface area contributed by atoms with Crippen molar-refractivity contribution >= 4 is 28.8 Å². The minimum absolute atomic E-state index is 0.0324. The van der Waals surface area contributed by atoms with Gasteiger partial charge in [0.25, 0.3) is 5.91 Å².